The van der Waals surface area contributed by atoms with Crippen LogP contribution in [0.3, 0.4) is 0 Å². The summed E-state index contributed by atoms with van der Waals surface area (Å²) in [7, 11) is 1.59. The molecule has 0 atom stereocenters. The van der Waals surface area contributed by atoms with Gasteiger partial charge in [0.05, 0.1) is 12.5 Å². The van der Waals surface area contributed by atoms with Gasteiger partial charge < -0.3 is 20.1 Å². The van der Waals surface area contributed by atoms with Gasteiger partial charge in [0.2, 0.25) is 0 Å². The lowest BCUT2D eigenvalue weighted by Crippen LogP contribution is -2.39. The molecule has 1 aliphatic carbocycles. The highest BCUT2D eigenvalue weighted by Gasteiger charge is 2.14. The fraction of sp³-hybridized carbons (Fsp3) is 0.846. The Balaban J connectivity index is 1.98. The van der Waals surface area contributed by atoms with Crippen LogP contribution in [0.1, 0.15) is 38.5 Å². The van der Waals surface area contributed by atoms with Gasteiger partial charge in [0.15, 0.2) is 0 Å². The minimum absolute atomic E-state index is 0.0330. The molecule has 2 amide bonds. The number of carboxylic acid groups (broad SMARTS) is 1. The molecular formula is C13H24N2O4. The summed E-state index contributed by atoms with van der Waals surface area (Å²) in [5.74, 6) is -0.899. The van der Waals surface area contributed by atoms with Gasteiger partial charge in [0, 0.05) is 26.7 Å². The maximum absolute atomic E-state index is 11.6. The van der Waals surface area contributed by atoms with E-state index in [9.17, 15) is 9.59 Å². The van der Waals surface area contributed by atoms with Crippen molar-refractivity contribution >= 4 is 12.0 Å². The molecule has 1 rings (SSSR count). The molecule has 0 heterocycles. The smallest absolute Gasteiger partial charge is 0.317 e. The standard InChI is InChI=1S/C13H24N2O4/c1-15(9-7-12(16)17)13(18)14-8-4-10-19-11-5-2-3-6-11/h11H,2-10H2,1H3,(H,14,18)(H,16,17). The number of rotatable bonds is 8. The van der Waals surface area contributed by atoms with Crippen molar-refractivity contribution in [3.05, 3.63) is 0 Å². The van der Waals surface area contributed by atoms with Crippen LogP contribution >= 0.6 is 0 Å². The first kappa shape index (κ1) is 15.8. The number of carboxylic acids is 1. The third-order valence-corrected chi connectivity index (χ3v) is 3.26. The van der Waals surface area contributed by atoms with Gasteiger partial charge in [-0.25, -0.2) is 4.79 Å². The summed E-state index contributed by atoms with van der Waals surface area (Å²) >= 11 is 0. The SMILES string of the molecule is CN(CCC(=O)O)C(=O)NCCCOC1CCCC1. The van der Waals surface area contributed by atoms with Gasteiger partial charge in [-0.3, -0.25) is 4.79 Å². The van der Waals surface area contributed by atoms with E-state index >= 15 is 0 Å². The summed E-state index contributed by atoms with van der Waals surface area (Å²) in [5.41, 5.74) is 0. The molecule has 2 N–H and O–H groups in total. The Morgan fingerprint density at radius 2 is 2.05 bits per heavy atom. The maximum Gasteiger partial charge on any atom is 0.317 e. The highest BCUT2D eigenvalue weighted by atomic mass is 16.5. The van der Waals surface area contributed by atoms with Gasteiger partial charge >= 0.3 is 12.0 Å². The second-order valence-electron chi connectivity index (χ2n) is 4.93. The molecule has 0 saturated heterocycles. The van der Waals surface area contributed by atoms with E-state index in [1.807, 2.05) is 0 Å². The van der Waals surface area contributed by atoms with Crippen molar-refractivity contribution in [1.82, 2.24) is 10.2 Å². The molecule has 6 heteroatoms. The van der Waals surface area contributed by atoms with E-state index < -0.39 is 5.97 Å². The average molecular weight is 272 g/mol. The molecule has 6 nitrogen and oxygen atoms in total. The van der Waals surface area contributed by atoms with Gasteiger partial charge in [-0.05, 0) is 19.3 Å². The van der Waals surface area contributed by atoms with E-state index in [0.717, 1.165) is 19.3 Å². The average Bonchev–Trinajstić information content (AvgIpc) is 2.88. The molecule has 0 unspecified atom stereocenters. The van der Waals surface area contributed by atoms with Crippen LogP contribution in [-0.2, 0) is 9.53 Å². The van der Waals surface area contributed by atoms with Crippen molar-refractivity contribution in [3.8, 4) is 0 Å². The van der Waals surface area contributed by atoms with E-state index in [0.29, 0.717) is 19.3 Å². The number of aliphatic carboxylic acids is 1. The number of nitrogens with one attached hydrogen (secondary N) is 1. The first-order chi connectivity index (χ1) is 9.09. The van der Waals surface area contributed by atoms with Crippen molar-refractivity contribution in [2.75, 3.05) is 26.7 Å². The topological polar surface area (TPSA) is 78.9 Å². The molecule has 1 saturated carbocycles. The van der Waals surface area contributed by atoms with Crippen molar-refractivity contribution in [2.45, 2.75) is 44.6 Å². The molecule has 1 fully saturated rings. The monoisotopic (exact) mass is 272 g/mol. The third kappa shape index (κ3) is 7.00. The molecule has 0 aromatic heterocycles. The Morgan fingerprint density at radius 3 is 2.68 bits per heavy atom. The third-order valence-electron chi connectivity index (χ3n) is 3.26. The summed E-state index contributed by atoms with van der Waals surface area (Å²) in [6, 6.07) is -0.234. The first-order valence-corrected chi connectivity index (χ1v) is 6.92. The molecule has 110 valence electrons. The Hall–Kier alpha value is -1.30. The molecular weight excluding hydrogens is 248 g/mol. The Labute approximate surface area is 114 Å². The van der Waals surface area contributed by atoms with Crippen LogP contribution in [0.15, 0.2) is 0 Å². The van der Waals surface area contributed by atoms with Crippen LogP contribution in [0.4, 0.5) is 4.79 Å². The van der Waals surface area contributed by atoms with Gasteiger partial charge in [-0.1, -0.05) is 12.8 Å². The van der Waals surface area contributed by atoms with Crippen LogP contribution in [0.5, 0.6) is 0 Å². The highest BCUT2D eigenvalue weighted by Crippen LogP contribution is 2.20. The Kier molecular flexibility index (Phi) is 7.25. The largest absolute Gasteiger partial charge is 0.481 e. The van der Waals surface area contributed by atoms with E-state index in [1.54, 1.807) is 7.05 Å². The van der Waals surface area contributed by atoms with Gasteiger partial charge in [-0.2, -0.15) is 0 Å². The van der Waals surface area contributed by atoms with Crippen molar-refractivity contribution in [1.29, 1.82) is 0 Å². The van der Waals surface area contributed by atoms with Gasteiger partial charge in [-0.15, -0.1) is 0 Å². The number of carbonyl (C=O) groups excluding carboxylic acids is 1. The zero-order valence-electron chi connectivity index (χ0n) is 11.6. The number of carbonyl (C=O) groups is 2. The van der Waals surface area contributed by atoms with Gasteiger partial charge in [0.1, 0.15) is 0 Å². The maximum atomic E-state index is 11.6. The lowest BCUT2D eigenvalue weighted by Gasteiger charge is -2.17. The van der Waals surface area contributed by atoms with E-state index in [1.165, 1.54) is 17.7 Å². The van der Waals surface area contributed by atoms with Crippen LogP contribution in [0, 0.1) is 0 Å². The molecule has 0 aromatic rings. The summed E-state index contributed by atoms with van der Waals surface area (Å²) in [6.45, 7) is 1.45. The second-order valence-corrected chi connectivity index (χ2v) is 4.93. The zero-order valence-corrected chi connectivity index (χ0v) is 11.6. The summed E-state index contributed by atoms with van der Waals surface area (Å²) in [4.78, 5) is 23.3. The van der Waals surface area contributed by atoms with Crippen molar-refractivity contribution in [3.63, 3.8) is 0 Å². The highest BCUT2D eigenvalue weighted by molar-refractivity contribution is 5.74. The summed E-state index contributed by atoms with van der Waals surface area (Å²) in [5, 5.41) is 11.3. The second kappa shape index (κ2) is 8.74. The number of hydrogen-bond donors (Lipinski definition) is 2. The van der Waals surface area contributed by atoms with Gasteiger partial charge in [0.25, 0.3) is 0 Å². The molecule has 1 aliphatic rings. The summed E-state index contributed by atoms with van der Waals surface area (Å²) in [6.07, 6.45) is 6.00. The first-order valence-electron chi connectivity index (χ1n) is 6.92. The number of amides is 2. The molecule has 0 aromatic carbocycles. The van der Waals surface area contributed by atoms with Crippen LogP contribution < -0.4 is 5.32 Å². The fourth-order valence-corrected chi connectivity index (χ4v) is 2.07. The molecule has 0 radical (unpaired) electrons. The quantitative estimate of drug-likeness (QED) is 0.655. The predicted molar refractivity (Wildman–Crippen MR) is 71.1 cm³/mol. The van der Waals surface area contributed by atoms with E-state index in [-0.39, 0.29) is 19.0 Å². The molecule has 19 heavy (non-hydrogen) atoms. The Bertz CT molecular complexity index is 290. The number of hydrogen-bond acceptors (Lipinski definition) is 3. The summed E-state index contributed by atoms with van der Waals surface area (Å²) < 4.78 is 5.68. The minimum atomic E-state index is -0.899. The van der Waals surface area contributed by atoms with Crippen LogP contribution in [0.2, 0.25) is 0 Å². The minimum Gasteiger partial charge on any atom is -0.481 e. The predicted octanol–water partition coefficient (Wildman–Crippen LogP) is 1.45. The number of nitrogens with zero attached hydrogens (tertiary/aromatic N) is 1. The van der Waals surface area contributed by atoms with Crippen LogP contribution in [-0.4, -0.2) is 54.9 Å². The molecule has 0 bridgehead atoms. The van der Waals surface area contributed by atoms with Crippen LogP contribution in [0.25, 0.3) is 0 Å². The molecule has 0 spiro atoms. The fourth-order valence-electron chi connectivity index (χ4n) is 2.07. The normalized spacial score (nSPS) is 15.4. The molecule has 0 aliphatic heterocycles. The lowest BCUT2D eigenvalue weighted by atomic mass is 10.3. The van der Waals surface area contributed by atoms with E-state index in [4.69, 9.17) is 9.84 Å². The lowest BCUT2D eigenvalue weighted by molar-refractivity contribution is -0.137. The van der Waals surface area contributed by atoms with E-state index in [2.05, 4.69) is 5.32 Å². The Morgan fingerprint density at radius 1 is 1.37 bits per heavy atom. The van der Waals surface area contributed by atoms with Crippen molar-refractivity contribution in [2.24, 2.45) is 0 Å². The number of ether oxygens (including phenoxy) is 1. The zero-order chi connectivity index (χ0) is 14.1. The van der Waals surface area contributed by atoms with Crippen molar-refractivity contribution < 1.29 is 19.4 Å². The number of urea groups is 1.